The number of nitrogens with one attached hydrogen (secondary N) is 1. The van der Waals surface area contributed by atoms with Crippen LogP contribution in [0.3, 0.4) is 0 Å². The molecule has 1 aliphatic heterocycles. The van der Waals surface area contributed by atoms with Crippen molar-refractivity contribution in [3.8, 4) is 0 Å². The minimum Gasteiger partial charge on any atom is -0.379 e. The van der Waals surface area contributed by atoms with Crippen molar-refractivity contribution in [3.05, 3.63) is 52.8 Å². The summed E-state index contributed by atoms with van der Waals surface area (Å²) in [6, 6.07) is 6.59. The molecule has 0 saturated carbocycles. The third-order valence-electron chi connectivity index (χ3n) is 5.88. The monoisotopic (exact) mass is 449 g/mol. The molecule has 0 aliphatic carbocycles. The predicted molar refractivity (Wildman–Crippen MR) is 122 cm³/mol. The van der Waals surface area contributed by atoms with Crippen molar-refractivity contribution in [2.24, 2.45) is 0 Å². The van der Waals surface area contributed by atoms with E-state index in [9.17, 15) is 0 Å². The highest BCUT2D eigenvalue weighted by Gasteiger charge is 2.26. The number of benzene rings is 1. The normalized spacial score (nSPS) is 14.6. The van der Waals surface area contributed by atoms with Gasteiger partial charge < -0.3 is 20.3 Å². The number of likely N-dealkylation sites (tertiary alicyclic amines) is 1. The fourth-order valence-electron chi connectivity index (χ4n) is 4.09. The van der Waals surface area contributed by atoms with E-state index in [0.29, 0.717) is 42.2 Å². The highest BCUT2D eigenvalue weighted by molar-refractivity contribution is 5.86. The summed E-state index contributed by atoms with van der Waals surface area (Å²) in [6.45, 7) is 7.72. The molecule has 4 aromatic rings. The van der Waals surface area contributed by atoms with Gasteiger partial charge in [0.2, 0.25) is 11.8 Å². The number of anilines is 2. The van der Waals surface area contributed by atoms with Crippen LogP contribution in [0.15, 0.2) is 28.9 Å². The van der Waals surface area contributed by atoms with Gasteiger partial charge >= 0.3 is 0 Å². The van der Waals surface area contributed by atoms with Crippen LogP contribution >= 0.6 is 0 Å². The van der Waals surface area contributed by atoms with Crippen molar-refractivity contribution >= 4 is 22.8 Å². The van der Waals surface area contributed by atoms with Crippen LogP contribution in [-0.2, 0) is 24.4 Å². The SMILES string of the molecule is COC1CN(Cc2ccc(Cn3ncc4nc(N)nc(NCc5noc(C)n5)c43)c(C)c2)C1. The summed E-state index contributed by atoms with van der Waals surface area (Å²) in [6.07, 6.45) is 2.07. The van der Waals surface area contributed by atoms with Gasteiger partial charge in [0.15, 0.2) is 11.6 Å². The van der Waals surface area contributed by atoms with Crippen LogP contribution in [0, 0.1) is 13.8 Å². The average Bonchev–Trinajstić information content (AvgIpc) is 3.36. The van der Waals surface area contributed by atoms with Crippen molar-refractivity contribution in [1.82, 2.24) is 34.8 Å². The Morgan fingerprint density at radius 2 is 2.03 bits per heavy atom. The molecule has 0 bridgehead atoms. The molecule has 1 aliphatic rings. The van der Waals surface area contributed by atoms with E-state index in [4.69, 9.17) is 15.0 Å². The lowest BCUT2D eigenvalue weighted by Crippen LogP contribution is -2.50. The number of ether oxygens (including phenoxy) is 1. The van der Waals surface area contributed by atoms with Crippen molar-refractivity contribution in [2.75, 3.05) is 31.2 Å². The van der Waals surface area contributed by atoms with Gasteiger partial charge in [0, 0.05) is 33.7 Å². The standard InChI is InChI=1S/C22H27N9O2/c1-13-6-15(9-30-11-17(12-30)32-3)4-5-16(13)10-31-20-18(7-25-31)27-22(23)28-21(20)24-8-19-26-14(2)33-29-19/h4-7,17H,8-12H2,1-3H3,(H3,23,24,27,28). The Morgan fingerprint density at radius 1 is 1.18 bits per heavy atom. The molecule has 11 nitrogen and oxygen atoms in total. The second kappa shape index (κ2) is 8.75. The number of methoxy groups -OCH3 is 1. The van der Waals surface area contributed by atoms with Gasteiger partial charge in [-0.25, -0.2) is 4.98 Å². The molecular weight excluding hydrogens is 422 g/mol. The number of hydrogen-bond donors (Lipinski definition) is 2. The molecule has 33 heavy (non-hydrogen) atoms. The van der Waals surface area contributed by atoms with E-state index in [1.807, 2.05) is 4.68 Å². The van der Waals surface area contributed by atoms with Crippen molar-refractivity contribution < 1.29 is 9.26 Å². The third-order valence-corrected chi connectivity index (χ3v) is 5.88. The first kappa shape index (κ1) is 21.3. The van der Waals surface area contributed by atoms with Gasteiger partial charge in [-0.1, -0.05) is 23.4 Å². The fourth-order valence-corrected chi connectivity index (χ4v) is 4.09. The van der Waals surface area contributed by atoms with Gasteiger partial charge in [-0.15, -0.1) is 0 Å². The summed E-state index contributed by atoms with van der Waals surface area (Å²) in [5.41, 5.74) is 11.1. The van der Waals surface area contributed by atoms with Crippen molar-refractivity contribution in [3.63, 3.8) is 0 Å². The van der Waals surface area contributed by atoms with E-state index in [1.165, 1.54) is 16.7 Å². The molecule has 11 heteroatoms. The zero-order valence-electron chi connectivity index (χ0n) is 18.9. The van der Waals surface area contributed by atoms with Gasteiger partial charge in [-0.2, -0.15) is 15.1 Å². The molecule has 1 saturated heterocycles. The summed E-state index contributed by atoms with van der Waals surface area (Å²) in [7, 11) is 1.77. The number of nitrogen functional groups attached to an aromatic ring is 1. The van der Waals surface area contributed by atoms with Crippen LogP contribution in [0.2, 0.25) is 0 Å². The number of aryl methyl sites for hydroxylation is 2. The van der Waals surface area contributed by atoms with Crippen LogP contribution in [0.4, 0.5) is 11.8 Å². The van der Waals surface area contributed by atoms with Gasteiger partial charge in [0.1, 0.15) is 11.0 Å². The molecule has 3 N–H and O–H groups in total. The zero-order valence-corrected chi connectivity index (χ0v) is 18.9. The number of fused-ring (bicyclic) bond motifs is 1. The van der Waals surface area contributed by atoms with Crippen LogP contribution in [0.1, 0.15) is 28.4 Å². The maximum absolute atomic E-state index is 5.91. The second-order valence-electron chi connectivity index (χ2n) is 8.36. The third kappa shape index (κ3) is 4.50. The van der Waals surface area contributed by atoms with Crippen LogP contribution in [0.25, 0.3) is 11.0 Å². The highest BCUT2D eigenvalue weighted by atomic mass is 16.5. The first-order valence-electron chi connectivity index (χ1n) is 10.8. The Kier molecular flexibility index (Phi) is 5.65. The van der Waals surface area contributed by atoms with E-state index >= 15 is 0 Å². The molecule has 0 unspecified atom stereocenters. The summed E-state index contributed by atoms with van der Waals surface area (Å²) < 4.78 is 12.3. The molecule has 172 valence electrons. The van der Waals surface area contributed by atoms with E-state index in [2.05, 4.69) is 60.5 Å². The zero-order chi connectivity index (χ0) is 22.9. The van der Waals surface area contributed by atoms with Crippen LogP contribution < -0.4 is 11.1 Å². The van der Waals surface area contributed by atoms with Gasteiger partial charge in [0.05, 0.1) is 25.4 Å². The number of hydrogen-bond acceptors (Lipinski definition) is 10. The maximum atomic E-state index is 5.91. The van der Waals surface area contributed by atoms with Crippen LogP contribution in [-0.4, -0.2) is 61.1 Å². The topological polar surface area (TPSA) is 133 Å². The molecule has 0 spiro atoms. The Hall–Kier alpha value is -3.57. The number of aromatic nitrogens is 6. The Balaban J connectivity index is 1.35. The van der Waals surface area contributed by atoms with Crippen LogP contribution in [0.5, 0.6) is 0 Å². The fraction of sp³-hybridized carbons (Fsp3) is 0.409. The molecule has 1 fully saturated rings. The molecule has 0 amide bonds. The summed E-state index contributed by atoms with van der Waals surface area (Å²) in [5.74, 6) is 1.80. The Bertz CT molecular complexity index is 1280. The second-order valence-corrected chi connectivity index (χ2v) is 8.36. The smallest absolute Gasteiger partial charge is 0.223 e. The summed E-state index contributed by atoms with van der Waals surface area (Å²) >= 11 is 0. The summed E-state index contributed by atoms with van der Waals surface area (Å²) in [5, 5.41) is 11.7. The number of nitrogens with two attached hydrogens (primary N) is 1. The maximum Gasteiger partial charge on any atom is 0.223 e. The largest absolute Gasteiger partial charge is 0.379 e. The molecule has 0 atom stereocenters. The minimum absolute atomic E-state index is 0.177. The lowest BCUT2D eigenvalue weighted by Gasteiger charge is -2.38. The molecule has 0 radical (unpaired) electrons. The van der Waals surface area contributed by atoms with E-state index < -0.39 is 0 Å². The first-order valence-corrected chi connectivity index (χ1v) is 10.8. The minimum atomic E-state index is 0.177. The molecule has 4 heterocycles. The van der Waals surface area contributed by atoms with Gasteiger partial charge in [-0.3, -0.25) is 9.58 Å². The quantitative estimate of drug-likeness (QED) is 0.411. The molecule has 3 aromatic heterocycles. The molecule has 5 rings (SSSR count). The molecule has 1 aromatic carbocycles. The van der Waals surface area contributed by atoms with E-state index in [-0.39, 0.29) is 5.95 Å². The lowest BCUT2D eigenvalue weighted by molar-refractivity contribution is -0.0334. The Morgan fingerprint density at radius 3 is 2.76 bits per heavy atom. The van der Waals surface area contributed by atoms with Crippen molar-refractivity contribution in [1.29, 1.82) is 0 Å². The Labute approximate surface area is 191 Å². The first-order chi connectivity index (χ1) is 16.0. The highest BCUT2D eigenvalue weighted by Crippen LogP contribution is 2.24. The lowest BCUT2D eigenvalue weighted by atomic mass is 10.0. The van der Waals surface area contributed by atoms with E-state index in [1.54, 1.807) is 20.2 Å². The average molecular weight is 450 g/mol. The van der Waals surface area contributed by atoms with Crippen molar-refractivity contribution in [2.45, 2.75) is 39.6 Å². The summed E-state index contributed by atoms with van der Waals surface area (Å²) in [4.78, 5) is 15.3. The predicted octanol–water partition coefficient (Wildman–Crippen LogP) is 1.90. The van der Waals surface area contributed by atoms with Gasteiger partial charge in [0.25, 0.3) is 0 Å². The van der Waals surface area contributed by atoms with Gasteiger partial charge in [-0.05, 0) is 23.6 Å². The van der Waals surface area contributed by atoms with E-state index in [0.717, 1.165) is 25.2 Å². The number of rotatable bonds is 8. The number of nitrogens with zero attached hydrogens (tertiary/aromatic N) is 7. The molecular formula is C22H27N9O2.